The van der Waals surface area contributed by atoms with Crippen LogP contribution in [0.4, 0.5) is 9.59 Å². The van der Waals surface area contributed by atoms with Gasteiger partial charge in [0.1, 0.15) is 13.2 Å². The minimum atomic E-state index is -0.914. The van der Waals surface area contributed by atoms with Gasteiger partial charge < -0.3 is 48.4 Å². The van der Waals surface area contributed by atoms with Gasteiger partial charge in [0.05, 0.1) is 18.6 Å². The van der Waals surface area contributed by atoms with Crippen LogP contribution < -0.4 is 38.9 Å². The molecule has 0 saturated heterocycles. The van der Waals surface area contributed by atoms with E-state index in [9.17, 15) is 14.4 Å². The standard InChI is InChI=1S/C20H43N7O5/c21-9-3-1-7-16(26-18(28)13-25-12-6-5-11-23)15-32-20(30)27-17(8-2-4-10-22)14-31-19(24)29/h16-17,25H,1-15,21-23H2,(H2,24,29)(H,26,28)(H,27,30)/t16-,17-/m0/s1. The highest BCUT2D eigenvalue weighted by molar-refractivity contribution is 5.78. The molecule has 0 spiro atoms. The minimum absolute atomic E-state index is 0.0154. The number of carbonyl (C=O) groups is 3. The summed E-state index contributed by atoms with van der Waals surface area (Å²) in [5.41, 5.74) is 21.5. The number of primary amides is 1. The molecule has 0 radical (unpaired) electrons. The topological polar surface area (TPSA) is 210 Å². The number of hydrogen-bond acceptors (Lipinski definition) is 9. The predicted molar refractivity (Wildman–Crippen MR) is 123 cm³/mol. The van der Waals surface area contributed by atoms with E-state index >= 15 is 0 Å². The van der Waals surface area contributed by atoms with Gasteiger partial charge in [0.2, 0.25) is 5.91 Å². The van der Waals surface area contributed by atoms with Crippen molar-refractivity contribution in [2.45, 2.75) is 63.5 Å². The molecule has 11 N–H and O–H groups in total. The van der Waals surface area contributed by atoms with Crippen LogP contribution in [0.1, 0.15) is 51.4 Å². The zero-order valence-electron chi connectivity index (χ0n) is 19.1. The SMILES string of the molecule is NCCCCNCC(=O)N[C@@H](CCCCN)COC(=O)N[C@@H](CCCCN)COC(N)=O. The van der Waals surface area contributed by atoms with E-state index in [1.807, 2.05) is 0 Å². The van der Waals surface area contributed by atoms with Gasteiger partial charge in [-0.2, -0.15) is 0 Å². The van der Waals surface area contributed by atoms with Crippen LogP contribution in [-0.2, 0) is 14.3 Å². The highest BCUT2D eigenvalue weighted by Gasteiger charge is 2.18. The van der Waals surface area contributed by atoms with Crippen LogP contribution in [0.3, 0.4) is 0 Å². The quantitative estimate of drug-likeness (QED) is 0.113. The first-order chi connectivity index (χ1) is 15.4. The number of nitrogens with one attached hydrogen (secondary N) is 3. The number of alkyl carbamates (subject to hydrolysis) is 1. The Bertz CT molecular complexity index is 511. The number of hydrogen-bond donors (Lipinski definition) is 7. The predicted octanol–water partition coefficient (Wildman–Crippen LogP) is -0.752. The van der Waals surface area contributed by atoms with Gasteiger partial charge in [0, 0.05) is 0 Å². The van der Waals surface area contributed by atoms with E-state index in [1.165, 1.54) is 0 Å². The second-order valence-electron chi connectivity index (χ2n) is 7.58. The van der Waals surface area contributed by atoms with Gasteiger partial charge in [-0.05, 0) is 64.7 Å². The summed E-state index contributed by atoms with van der Waals surface area (Å²) in [7, 11) is 0. The third-order valence-electron chi connectivity index (χ3n) is 4.64. The summed E-state index contributed by atoms with van der Waals surface area (Å²) in [6, 6.07) is -0.771. The van der Waals surface area contributed by atoms with Crippen molar-refractivity contribution in [3.8, 4) is 0 Å². The molecule has 0 aromatic carbocycles. The molecule has 0 rings (SSSR count). The smallest absolute Gasteiger partial charge is 0.407 e. The molecule has 0 aliphatic rings. The third-order valence-corrected chi connectivity index (χ3v) is 4.64. The molecule has 0 fully saturated rings. The lowest BCUT2D eigenvalue weighted by molar-refractivity contribution is -0.121. The van der Waals surface area contributed by atoms with Crippen LogP contribution in [0, 0.1) is 0 Å². The fourth-order valence-corrected chi connectivity index (χ4v) is 2.91. The maximum Gasteiger partial charge on any atom is 0.407 e. The first-order valence-corrected chi connectivity index (χ1v) is 11.4. The van der Waals surface area contributed by atoms with E-state index in [2.05, 4.69) is 16.0 Å². The van der Waals surface area contributed by atoms with Gasteiger partial charge in [-0.15, -0.1) is 0 Å². The lowest BCUT2D eigenvalue weighted by atomic mass is 10.1. The summed E-state index contributed by atoms with van der Waals surface area (Å²) in [5, 5.41) is 8.62. The summed E-state index contributed by atoms with van der Waals surface area (Å²) < 4.78 is 10.1. The van der Waals surface area contributed by atoms with Crippen LogP contribution in [0.5, 0.6) is 0 Å². The van der Waals surface area contributed by atoms with E-state index in [4.69, 9.17) is 32.4 Å². The Morgan fingerprint density at radius 2 is 1.25 bits per heavy atom. The Kier molecular flexibility index (Phi) is 19.3. The molecule has 0 aromatic heterocycles. The van der Waals surface area contributed by atoms with Gasteiger partial charge in [-0.1, -0.05) is 12.8 Å². The number of rotatable bonds is 20. The maximum atomic E-state index is 12.2. The summed E-state index contributed by atoms with van der Waals surface area (Å²) in [5.74, 6) is -0.172. The average Bonchev–Trinajstić information content (AvgIpc) is 2.75. The molecule has 0 aliphatic heterocycles. The lowest BCUT2D eigenvalue weighted by Gasteiger charge is -2.21. The van der Waals surface area contributed by atoms with Crippen molar-refractivity contribution in [2.75, 3.05) is 45.9 Å². The Balaban J connectivity index is 4.53. The van der Waals surface area contributed by atoms with Gasteiger partial charge in [-0.3, -0.25) is 4.79 Å². The van der Waals surface area contributed by atoms with Gasteiger partial charge >= 0.3 is 12.2 Å². The highest BCUT2D eigenvalue weighted by atomic mass is 16.6. The molecule has 0 aromatic rings. The zero-order valence-corrected chi connectivity index (χ0v) is 19.1. The number of ether oxygens (including phenoxy) is 2. The average molecular weight is 462 g/mol. The molecule has 0 unspecified atom stereocenters. The van der Waals surface area contributed by atoms with Gasteiger partial charge in [0.15, 0.2) is 0 Å². The Hall–Kier alpha value is -2.15. The normalized spacial score (nSPS) is 12.6. The van der Waals surface area contributed by atoms with Crippen molar-refractivity contribution in [1.82, 2.24) is 16.0 Å². The van der Waals surface area contributed by atoms with Crippen molar-refractivity contribution >= 4 is 18.1 Å². The van der Waals surface area contributed by atoms with Crippen LogP contribution >= 0.6 is 0 Å². The molecule has 32 heavy (non-hydrogen) atoms. The second kappa shape index (κ2) is 20.7. The fourth-order valence-electron chi connectivity index (χ4n) is 2.91. The molecule has 2 atom stereocenters. The van der Waals surface area contributed by atoms with Crippen LogP contribution in [0.2, 0.25) is 0 Å². The Morgan fingerprint density at radius 1 is 0.719 bits per heavy atom. The van der Waals surface area contributed by atoms with E-state index < -0.39 is 18.2 Å². The third kappa shape index (κ3) is 18.6. The maximum absolute atomic E-state index is 12.2. The molecule has 0 saturated carbocycles. The molecule has 0 heterocycles. The second-order valence-corrected chi connectivity index (χ2v) is 7.58. The van der Waals surface area contributed by atoms with Crippen LogP contribution in [0.15, 0.2) is 0 Å². The molecule has 12 heteroatoms. The molecule has 188 valence electrons. The van der Waals surface area contributed by atoms with Crippen molar-refractivity contribution in [3.63, 3.8) is 0 Å². The highest BCUT2D eigenvalue weighted by Crippen LogP contribution is 2.04. The first kappa shape index (κ1) is 29.9. The largest absolute Gasteiger partial charge is 0.448 e. The fraction of sp³-hybridized carbons (Fsp3) is 0.850. The lowest BCUT2D eigenvalue weighted by Crippen LogP contribution is -2.45. The minimum Gasteiger partial charge on any atom is -0.448 e. The molecule has 0 bridgehead atoms. The van der Waals surface area contributed by atoms with Crippen molar-refractivity contribution in [2.24, 2.45) is 22.9 Å². The van der Waals surface area contributed by atoms with E-state index in [0.29, 0.717) is 39.0 Å². The number of carbonyl (C=O) groups excluding carboxylic acids is 3. The molecular weight excluding hydrogens is 418 g/mol. The Labute approximate surface area is 190 Å². The summed E-state index contributed by atoms with van der Waals surface area (Å²) >= 11 is 0. The van der Waals surface area contributed by atoms with Crippen LogP contribution in [-0.4, -0.2) is 76.1 Å². The van der Waals surface area contributed by atoms with Gasteiger partial charge in [-0.25, -0.2) is 9.59 Å². The molecule has 3 amide bonds. The zero-order chi connectivity index (χ0) is 24.0. The van der Waals surface area contributed by atoms with Crippen molar-refractivity contribution in [3.05, 3.63) is 0 Å². The van der Waals surface area contributed by atoms with E-state index in [1.54, 1.807) is 0 Å². The number of amides is 3. The van der Waals surface area contributed by atoms with Crippen molar-refractivity contribution < 1.29 is 23.9 Å². The monoisotopic (exact) mass is 461 g/mol. The molecule has 0 aliphatic carbocycles. The van der Waals surface area contributed by atoms with Gasteiger partial charge in [0.25, 0.3) is 0 Å². The number of unbranched alkanes of at least 4 members (excludes halogenated alkanes) is 3. The van der Waals surface area contributed by atoms with Crippen molar-refractivity contribution in [1.29, 1.82) is 0 Å². The summed E-state index contributed by atoms with van der Waals surface area (Å²) in [6.07, 6.45) is 4.56. The first-order valence-electron chi connectivity index (χ1n) is 11.4. The van der Waals surface area contributed by atoms with E-state index in [0.717, 1.165) is 38.5 Å². The van der Waals surface area contributed by atoms with Crippen LogP contribution in [0.25, 0.3) is 0 Å². The number of nitrogens with two attached hydrogens (primary N) is 4. The Morgan fingerprint density at radius 3 is 1.81 bits per heavy atom. The van der Waals surface area contributed by atoms with E-state index in [-0.39, 0.29) is 31.7 Å². The molecule has 12 nitrogen and oxygen atoms in total. The molecular formula is C20H43N7O5. The summed E-state index contributed by atoms with van der Waals surface area (Å²) in [6.45, 7) is 2.55. The summed E-state index contributed by atoms with van der Waals surface area (Å²) in [4.78, 5) is 35.3.